The molecule has 33 heavy (non-hydrogen) atoms. The van der Waals surface area contributed by atoms with Crippen molar-refractivity contribution in [2.24, 2.45) is 5.16 Å². The number of tetrazole rings is 1. The molecule has 5 rings (SSSR count). The van der Waals surface area contributed by atoms with Gasteiger partial charge >= 0.3 is 0 Å². The van der Waals surface area contributed by atoms with Crippen LogP contribution < -0.4 is 4.74 Å². The summed E-state index contributed by atoms with van der Waals surface area (Å²) in [4.78, 5) is 4.62. The van der Waals surface area contributed by atoms with Gasteiger partial charge in [-0.1, -0.05) is 65.8 Å². The van der Waals surface area contributed by atoms with Gasteiger partial charge in [-0.05, 0) is 40.1 Å². The van der Waals surface area contributed by atoms with Gasteiger partial charge < -0.3 is 9.94 Å². The first kappa shape index (κ1) is 20.4. The molecule has 9 heteroatoms. The second kappa shape index (κ2) is 8.91. The van der Waals surface area contributed by atoms with Gasteiger partial charge in [0.15, 0.2) is 5.82 Å². The predicted octanol–water partition coefficient (Wildman–Crippen LogP) is 4.14. The summed E-state index contributed by atoms with van der Waals surface area (Å²) in [6, 6.07) is 22.5. The largest absolute Gasteiger partial charge is 0.465 e. The fraction of sp³-hybridized carbons (Fsp3) is 0.125. The molecule has 0 atom stereocenters. The van der Waals surface area contributed by atoms with Crippen molar-refractivity contribution in [1.29, 1.82) is 0 Å². The second-order valence-corrected chi connectivity index (χ2v) is 7.37. The first-order chi connectivity index (χ1) is 16.3. The first-order valence-electron chi connectivity index (χ1n) is 10.5. The molecule has 0 amide bonds. The van der Waals surface area contributed by atoms with Crippen molar-refractivity contribution in [3.63, 3.8) is 0 Å². The molecule has 2 heterocycles. The van der Waals surface area contributed by atoms with E-state index in [0.29, 0.717) is 25.0 Å². The van der Waals surface area contributed by atoms with Crippen molar-refractivity contribution in [2.75, 3.05) is 6.61 Å². The van der Waals surface area contributed by atoms with Gasteiger partial charge in [0.1, 0.15) is 0 Å². The summed E-state index contributed by atoms with van der Waals surface area (Å²) in [6.07, 6.45) is 1.41. The Morgan fingerprint density at radius 1 is 1.03 bits per heavy atom. The van der Waals surface area contributed by atoms with E-state index in [4.69, 9.17) is 9.94 Å². The highest BCUT2D eigenvalue weighted by Crippen LogP contribution is 2.31. The van der Waals surface area contributed by atoms with Crippen molar-refractivity contribution < 1.29 is 9.94 Å². The molecule has 9 nitrogen and oxygen atoms in total. The Bertz CT molecular complexity index is 1410. The van der Waals surface area contributed by atoms with Crippen LogP contribution in [0.1, 0.15) is 18.1 Å². The zero-order valence-electron chi connectivity index (χ0n) is 17.9. The average Bonchev–Trinajstić information content (AvgIpc) is 3.50. The van der Waals surface area contributed by atoms with Crippen molar-refractivity contribution >= 4 is 17.2 Å². The summed E-state index contributed by atoms with van der Waals surface area (Å²) >= 11 is 0. The molecule has 0 radical (unpaired) electrons. The molecule has 0 aliphatic heterocycles. The van der Waals surface area contributed by atoms with Crippen LogP contribution in [0, 0.1) is 0 Å². The molecule has 0 unspecified atom stereocenters. The lowest BCUT2D eigenvalue weighted by Crippen LogP contribution is -2.06. The quantitative estimate of drug-likeness (QED) is 0.224. The number of rotatable bonds is 7. The van der Waals surface area contributed by atoms with Gasteiger partial charge in [-0.3, -0.25) is 4.57 Å². The number of H-pyrrole nitrogens is 1. The number of fused-ring (bicyclic) bond motifs is 1. The highest BCUT2D eigenvalue weighted by atomic mass is 16.5. The van der Waals surface area contributed by atoms with Gasteiger partial charge in [0.05, 0.1) is 30.4 Å². The summed E-state index contributed by atoms with van der Waals surface area (Å²) in [5, 5.41) is 26.6. The minimum Gasteiger partial charge on any atom is -0.465 e. The molecular weight excluding hydrogens is 418 g/mol. The number of imidazole rings is 1. The number of nitrogens with zero attached hydrogens (tertiary/aromatic N) is 6. The molecule has 2 N–H and O–H groups in total. The zero-order valence-corrected chi connectivity index (χ0v) is 17.9. The second-order valence-electron chi connectivity index (χ2n) is 7.37. The Labute approximate surface area is 189 Å². The summed E-state index contributed by atoms with van der Waals surface area (Å²) in [5.41, 5.74) is 6.50. The van der Waals surface area contributed by atoms with E-state index in [1.165, 1.54) is 6.21 Å². The van der Waals surface area contributed by atoms with E-state index < -0.39 is 0 Å². The molecule has 2 aromatic heterocycles. The number of ether oxygens (including phenoxy) is 1. The van der Waals surface area contributed by atoms with Crippen LogP contribution in [0.4, 0.5) is 0 Å². The molecular formula is C24H21N7O2. The van der Waals surface area contributed by atoms with Gasteiger partial charge in [-0.2, -0.15) is 4.98 Å². The third-order valence-electron chi connectivity index (χ3n) is 5.37. The number of aromatic amines is 1. The summed E-state index contributed by atoms with van der Waals surface area (Å²) < 4.78 is 7.80. The molecule has 164 valence electrons. The normalized spacial score (nSPS) is 11.4. The van der Waals surface area contributed by atoms with Crippen LogP contribution in [-0.2, 0) is 6.54 Å². The maximum absolute atomic E-state index is 9.09. The predicted molar refractivity (Wildman–Crippen MR) is 124 cm³/mol. The molecule has 0 saturated heterocycles. The Morgan fingerprint density at radius 2 is 1.85 bits per heavy atom. The fourth-order valence-electron chi connectivity index (χ4n) is 3.93. The third kappa shape index (κ3) is 3.91. The van der Waals surface area contributed by atoms with Gasteiger partial charge in [-0.25, -0.2) is 5.10 Å². The van der Waals surface area contributed by atoms with Crippen molar-refractivity contribution in [3.8, 4) is 28.5 Å². The van der Waals surface area contributed by atoms with E-state index >= 15 is 0 Å². The Hall–Kier alpha value is -4.53. The molecule has 0 spiro atoms. The Kier molecular flexibility index (Phi) is 5.50. The minimum absolute atomic E-state index is 0.499. The van der Waals surface area contributed by atoms with Crippen LogP contribution in [0.15, 0.2) is 71.9 Å². The van der Waals surface area contributed by atoms with Crippen molar-refractivity contribution in [3.05, 3.63) is 77.9 Å². The van der Waals surface area contributed by atoms with Gasteiger partial charge in [0.2, 0.25) is 0 Å². The van der Waals surface area contributed by atoms with Gasteiger partial charge in [0, 0.05) is 11.1 Å². The van der Waals surface area contributed by atoms with E-state index in [1.807, 2.05) is 54.0 Å². The summed E-state index contributed by atoms with van der Waals surface area (Å²) in [6.45, 7) is 2.98. The lowest BCUT2D eigenvalue weighted by molar-refractivity contribution is 0.301. The van der Waals surface area contributed by atoms with Crippen LogP contribution in [-0.4, -0.2) is 48.2 Å². The lowest BCUT2D eigenvalue weighted by atomic mass is 9.98. The van der Waals surface area contributed by atoms with Crippen LogP contribution in [0.2, 0.25) is 0 Å². The number of para-hydroxylation sites is 1. The fourth-order valence-corrected chi connectivity index (χ4v) is 3.93. The van der Waals surface area contributed by atoms with E-state index in [0.717, 1.165) is 38.9 Å². The number of benzene rings is 3. The third-order valence-corrected chi connectivity index (χ3v) is 5.37. The molecule has 0 aliphatic carbocycles. The number of oxime groups is 1. The maximum atomic E-state index is 9.09. The molecule has 0 aliphatic rings. The zero-order chi connectivity index (χ0) is 22.6. The van der Waals surface area contributed by atoms with Crippen molar-refractivity contribution in [2.45, 2.75) is 13.5 Å². The standard InChI is InChI=1S/C24H21N7O2/c1-2-33-24-26-21-9-5-6-18(14-25-32)22(21)31(24)15-16-10-12-17(13-11-16)19-7-3-4-8-20(19)23-27-29-30-28-23/h3-14,32H,2,15H2,1H3,(H,27,28,29,30). The molecule has 0 saturated carbocycles. The number of hydrogen-bond donors (Lipinski definition) is 2. The molecule has 3 aromatic carbocycles. The summed E-state index contributed by atoms with van der Waals surface area (Å²) in [5.74, 6) is 0.624. The van der Waals surface area contributed by atoms with Gasteiger partial charge in [-0.15, -0.1) is 5.10 Å². The van der Waals surface area contributed by atoms with E-state index in [1.54, 1.807) is 0 Å². The Morgan fingerprint density at radius 3 is 2.58 bits per heavy atom. The van der Waals surface area contributed by atoms with Gasteiger partial charge in [0.25, 0.3) is 6.01 Å². The highest BCUT2D eigenvalue weighted by molar-refractivity contribution is 5.97. The van der Waals surface area contributed by atoms with Crippen LogP contribution in [0.25, 0.3) is 33.5 Å². The Balaban J connectivity index is 1.52. The van der Waals surface area contributed by atoms with Crippen LogP contribution >= 0.6 is 0 Å². The monoisotopic (exact) mass is 439 g/mol. The smallest absolute Gasteiger partial charge is 0.297 e. The van der Waals surface area contributed by atoms with E-state index in [2.05, 4.69) is 55.0 Å². The number of hydrogen-bond acceptors (Lipinski definition) is 7. The SMILES string of the molecule is CCOc1nc2cccc(C=NO)c2n1Cc1ccc(-c2ccccc2-c2nnn[nH]2)cc1. The van der Waals surface area contributed by atoms with Crippen LogP contribution in [0.3, 0.4) is 0 Å². The number of aromatic nitrogens is 6. The topological polar surface area (TPSA) is 114 Å². The molecule has 5 aromatic rings. The summed E-state index contributed by atoms with van der Waals surface area (Å²) in [7, 11) is 0. The average molecular weight is 439 g/mol. The highest BCUT2D eigenvalue weighted by Gasteiger charge is 2.16. The number of nitrogens with one attached hydrogen (secondary N) is 1. The maximum Gasteiger partial charge on any atom is 0.297 e. The minimum atomic E-state index is 0.499. The van der Waals surface area contributed by atoms with Crippen LogP contribution in [0.5, 0.6) is 6.01 Å². The first-order valence-corrected chi connectivity index (χ1v) is 10.5. The van der Waals surface area contributed by atoms with E-state index in [9.17, 15) is 0 Å². The van der Waals surface area contributed by atoms with Crippen molar-refractivity contribution in [1.82, 2.24) is 30.2 Å². The molecule has 0 bridgehead atoms. The lowest BCUT2D eigenvalue weighted by Gasteiger charge is -2.12. The van der Waals surface area contributed by atoms with E-state index in [-0.39, 0.29) is 0 Å². The molecule has 0 fully saturated rings.